The summed E-state index contributed by atoms with van der Waals surface area (Å²) in [5, 5.41) is 9.67. The van der Waals surface area contributed by atoms with Gasteiger partial charge in [0.1, 0.15) is 12.2 Å². The SMILES string of the molecule is CCCN(CC(=O)O)C(=O)c1cc(N)c2ccccc2n1. The molecule has 0 fully saturated rings. The van der Waals surface area contributed by atoms with Gasteiger partial charge in [-0.25, -0.2) is 4.98 Å². The van der Waals surface area contributed by atoms with E-state index in [0.717, 1.165) is 5.39 Å². The van der Waals surface area contributed by atoms with Crippen molar-refractivity contribution in [1.82, 2.24) is 9.88 Å². The van der Waals surface area contributed by atoms with Crippen molar-refractivity contribution in [1.29, 1.82) is 0 Å². The number of carbonyl (C=O) groups is 2. The molecule has 0 unspecified atom stereocenters. The summed E-state index contributed by atoms with van der Waals surface area (Å²) in [6.45, 7) is 1.89. The predicted octanol–water partition coefficient (Wildman–Crippen LogP) is 1.75. The molecule has 2 aromatic rings. The van der Waals surface area contributed by atoms with E-state index < -0.39 is 11.9 Å². The number of aliphatic carboxylic acids is 1. The molecule has 3 N–H and O–H groups in total. The number of nitrogens with two attached hydrogens (primary N) is 1. The molecule has 0 saturated heterocycles. The van der Waals surface area contributed by atoms with Crippen LogP contribution in [0.2, 0.25) is 0 Å². The predicted molar refractivity (Wildman–Crippen MR) is 80.0 cm³/mol. The van der Waals surface area contributed by atoms with Crippen LogP contribution in [-0.4, -0.2) is 40.0 Å². The molecule has 2 rings (SSSR count). The van der Waals surface area contributed by atoms with Crippen molar-refractivity contribution in [3.05, 3.63) is 36.0 Å². The number of hydrogen-bond acceptors (Lipinski definition) is 4. The second kappa shape index (κ2) is 6.21. The molecule has 21 heavy (non-hydrogen) atoms. The molecular formula is C15H17N3O3. The van der Waals surface area contributed by atoms with Crippen LogP contribution < -0.4 is 5.73 Å². The van der Waals surface area contributed by atoms with Gasteiger partial charge < -0.3 is 15.7 Å². The van der Waals surface area contributed by atoms with E-state index in [2.05, 4.69) is 4.98 Å². The quantitative estimate of drug-likeness (QED) is 0.873. The van der Waals surface area contributed by atoms with Crippen molar-refractivity contribution in [2.24, 2.45) is 0 Å². The molecule has 0 spiro atoms. The first-order chi connectivity index (χ1) is 10.0. The van der Waals surface area contributed by atoms with E-state index in [1.807, 2.05) is 25.1 Å². The minimum Gasteiger partial charge on any atom is -0.480 e. The molecule has 1 amide bonds. The Morgan fingerprint density at radius 1 is 1.33 bits per heavy atom. The number of para-hydroxylation sites is 1. The lowest BCUT2D eigenvalue weighted by Crippen LogP contribution is -2.36. The van der Waals surface area contributed by atoms with Crippen molar-refractivity contribution in [3.8, 4) is 0 Å². The van der Waals surface area contributed by atoms with Gasteiger partial charge in [-0.05, 0) is 18.6 Å². The Labute approximate surface area is 122 Å². The maximum atomic E-state index is 12.4. The number of rotatable bonds is 5. The van der Waals surface area contributed by atoms with Crippen LogP contribution in [0.15, 0.2) is 30.3 Å². The Morgan fingerprint density at radius 3 is 2.71 bits per heavy atom. The first kappa shape index (κ1) is 14.8. The largest absolute Gasteiger partial charge is 0.480 e. The number of benzene rings is 1. The summed E-state index contributed by atoms with van der Waals surface area (Å²) in [6.07, 6.45) is 0.669. The lowest BCUT2D eigenvalue weighted by Gasteiger charge is -2.19. The molecule has 0 atom stereocenters. The second-order valence-corrected chi connectivity index (χ2v) is 4.73. The van der Waals surface area contributed by atoms with Gasteiger partial charge in [0.25, 0.3) is 5.91 Å². The molecule has 0 bridgehead atoms. The van der Waals surface area contributed by atoms with Crippen molar-refractivity contribution in [3.63, 3.8) is 0 Å². The van der Waals surface area contributed by atoms with E-state index in [1.54, 1.807) is 6.07 Å². The number of nitrogen functional groups attached to an aromatic ring is 1. The van der Waals surface area contributed by atoms with Gasteiger partial charge in [-0.3, -0.25) is 9.59 Å². The molecule has 0 radical (unpaired) electrons. The fourth-order valence-corrected chi connectivity index (χ4v) is 2.16. The highest BCUT2D eigenvalue weighted by atomic mass is 16.4. The van der Waals surface area contributed by atoms with Gasteiger partial charge >= 0.3 is 5.97 Å². The molecular weight excluding hydrogens is 270 g/mol. The van der Waals surface area contributed by atoms with Gasteiger partial charge in [0.2, 0.25) is 0 Å². The van der Waals surface area contributed by atoms with Crippen molar-refractivity contribution in [2.75, 3.05) is 18.8 Å². The van der Waals surface area contributed by atoms with Crippen molar-refractivity contribution < 1.29 is 14.7 Å². The minimum atomic E-state index is -1.05. The number of anilines is 1. The number of carboxylic acid groups (broad SMARTS) is 1. The number of carboxylic acids is 1. The average Bonchev–Trinajstić information content (AvgIpc) is 2.45. The van der Waals surface area contributed by atoms with Gasteiger partial charge in [-0.1, -0.05) is 25.1 Å². The number of pyridine rings is 1. The molecule has 110 valence electrons. The van der Waals surface area contributed by atoms with Crippen LogP contribution in [0.3, 0.4) is 0 Å². The molecule has 1 aromatic carbocycles. The number of carbonyl (C=O) groups excluding carboxylic acids is 1. The standard InChI is InChI=1S/C15H17N3O3/c1-2-7-18(9-14(19)20)15(21)13-8-11(16)10-5-3-4-6-12(10)17-13/h3-6,8H,2,7,9H2,1H3,(H2,16,17)(H,19,20). The summed E-state index contributed by atoms with van der Waals surface area (Å²) in [5.41, 5.74) is 7.18. The number of aromatic nitrogens is 1. The number of amides is 1. The lowest BCUT2D eigenvalue weighted by molar-refractivity contribution is -0.137. The Kier molecular flexibility index (Phi) is 4.37. The van der Waals surface area contributed by atoms with E-state index in [-0.39, 0.29) is 12.2 Å². The summed E-state index contributed by atoms with van der Waals surface area (Å²) in [4.78, 5) is 28.8. The topological polar surface area (TPSA) is 96.5 Å². The fraction of sp³-hybridized carbons (Fsp3) is 0.267. The average molecular weight is 287 g/mol. The maximum Gasteiger partial charge on any atom is 0.323 e. The van der Waals surface area contributed by atoms with E-state index in [4.69, 9.17) is 10.8 Å². The maximum absolute atomic E-state index is 12.4. The number of nitrogens with zero attached hydrogens (tertiary/aromatic N) is 2. The molecule has 1 aromatic heterocycles. The third kappa shape index (κ3) is 3.28. The second-order valence-electron chi connectivity index (χ2n) is 4.73. The molecule has 6 nitrogen and oxygen atoms in total. The Balaban J connectivity index is 2.39. The van der Waals surface area contributed by atoms with E-state index in [1.165, 1.54) is 11.0 Å². The normalized spacial score (nSPS) is 10.5. The van der Waals surface area contributed by atoms with E-state index in [9.17, 15) is 9.59 Å². The zero-order chi connectivity index (χ0) is 15.4. The Morgan fingerprint density at radius 2 is 2.05 bits per heavy atom. The Bertz CT molecular complexity index is 685. The van der Waals surface area contributed by atoms with Gasteiger partial charge in [0.05, 0.1) is 5.52 Å². The van der Waals surface area contributed by atoms with Crippen LogP contribution in [0.25, 0.3) is 10.9 Å². The van der Waals surface area contributed by atoms with Crippen LogP contribution >= 0.6 is 0 Å². The lowest BCUT2D eigenvalue weighted by atomic mass is 10.1. The van der Waals surface area contributed by atoms with E-state index >= 15 is 0 Å². The highest BCUT2D eigenvalue weighted by Gasteiger charge is 2.20. The number of hydrogen-bond donors (Lipinski definition) is 2. The van der Waals surface area contributed by atoms with Gasteiger partial charge in [-0.15, -0.1) is 0 Å². The summed E-state index contributed by atoms with van der Waals surface area (Å²) in [7, 11) is 0. The van der Waals surface area contributed by atoms with Crippen molar-refractivity contribution in [2.45, 2.75) is 13.3 Å². The summed E-state index contributed by atoms with van der Waals surface area (Å²) in [5.74, 6) is -1.47. The summed E-state index contributed by atoms with van der Waals surface area (Å²) in [6, 6.07) is 8.74. The minimum absolute atomic E-state index is 0.168. The van der Waals surface area contributed by atoms with Crippen LogP contribution in [0.4, 0.5) is 5.69 Å². The van der Waals surface area contributed by atoms with Gasteiger partial charge in [0.15, 0.2) is 0 Å². The summed E-state index contributed by atoms with van der Waals surface area (Å²) < 4.78 is 0. The molecule has 0 aliphatic heterocycles. The third-order valence-corrected chi connectivity index (χ3v) is 3.07. The smallest absolute Gasteiger partial charge is 0.323 e. The third-order valence-electron chi connectivity index (χ3n) is 3.07. The highest BCUT2D eigenvalue weighted by molar-refractivity contribution is 6.00. The number of fused-ring (bicyclic) bond motifs is 1. The first-order valence-electron chi connectivity index (χ1n) is 6.69. The molecule has 0 aliphatic carbocycles. The summed E-state index contributed by atoms with van der Waals surface area (Å²) >= 11 is 0. The zero-order valence-electron chi connectivity index (χ0n) is 11.7. The van der Waals surface area contributed by atoms with Crippen LogP contribution in [0.1, 0.15) is 23.8 Å². The molecule has 0 aliphatic rings. The first-order valence-corrected chi connectivity index (χ1v) is 6.69. The molecule has 6 heteroatoms. The van der Waals surface area contributed by atoms with Crippen LogP contribution in [-0.2, 0) is 4.79 Å². The monoisotopic (exact) mass is 287 g/mol. The zero-order valence-corrected chi connectivity index (χ0v) is 11.7. The Hall–Kier alpha value is -2.63. The van der Waals surface area contributed by atoms with Crippen LogP contribution in [0, 0.1) is 0 Å². The van der Waals surface area contributed by atoms with E-state index in [0.29, 0.717) is 24.2 Å². The fourth-order valence-electron chi connectivity index (χ4n) is 2.16. The molecule has 0 saturated carbocycles. The van der Waals surface area contributed by atoms with Gasteiger partial charge in [0, 0.05) is 17.6 Å². The van der Waals surface area contributed by atoms with Gasteiger partial charge in [-0.2, -0.15) is 0 Å². The highest BCUT2D eigenvalue weighted by Crippen LogP contribution is 2.20. The molecule has 1 heterocycles. The van der Waals surface area contributed by atoms with Crippen molar-refractivity contribution >= 4 is 28.5 Å². The van der Waals surface area contributed by atoms with Crippen LogP contribution in [0.5, 0.6) is 0 Å².